The average Bonchev–Trinajstić information content (AvgIpc) is 3.04. The normalized spacial score (nSPS) is 50.4. The minimum absolute atomic E-state index is 0.00244. The van der Waals surface area contributed by atoms with Gasteiger partial charge in [-0.3, -0.25) is 4.79 Å². The molecule has 0 aliphatic carbocycles. The molecular formula is C37H68O12S. The van der Waals surface area contributed by atoms with Crippen LogP contribution in [0.4, 0.5) is 0 Å². The first kappa shape index (κ1) is 40.6. The minimum atomic E-state index is -1.92. The van der Waals surface area contributed by atoms with Crippen LogP contribution >= 0.6 is 12.0 Å². The monoisotopic (exact) mass is 740 g/mol. The zero-order chi connectivity index (χ0) is 39.5. The summed E-state index contributed by atoms with van der Waals surface area (Å²) in [6.45, 7) is 21.3. The van der Waals surface area contributed by atoms with Crippen LogP contribution in [0.1, 0.15) is 110 Å². The van der Waals surface area contributed by atoms with Gasteiger partial charge in [0.25, 0.3) is 0 Å². The number of esters is 1. The van der Waals surface area contributed by atoms with E-state index in [0.717, 1.165) is 12.0 Å². The molecule has 3 saturated heterocycles. The molecule has 0 aromatic heterocycles. The van der Waals surface area contributed by atoms with Gasteiger partial charge < -0.3 is 53.4 Å². The molecule has 2 unspecified atom stereocenters. The average molecular weight is 741 g/mol. The van der Waals surface area contributed by atoms with Gasteiger partial charge in [-0.15, -0.1) is 0 Å². The fourth-order valence-electron chi connectivity index (χ4n) is 8.58. The summed E-state index contributed by atoms with van der Waals surface area (Å²) in [7, 11) is 0. The smallest absolute Gasteiger partial charge is 0.311 e. The molecule has 0 amide bonds. The fraction of sp³-hybridized carbons (Fsp3) is 0.973. The van der Waals surface area contributed by atoms with E-state index >= 15 is 0 Å². The van der Waals surface area contributed by atoms with Crippen molar-refractivity contribution in [3.8, 4) is 0 Å². The molecule has 0 spiro atoms. The molecule has 18 atom stereocenters. The third-order valence-electron chi connectivity index (χ3n) is 11.6. The first-order valence-corrected chi connectivity index (χ1v) is 19.3. The van der Waals surface area contributed by atoms with Crippen molar-refractivity contribution < 1.29 is 59.6 Å². The maximum Gasteiger partial charge on any atom is 0.311 e. The van der Waals surface area contributed by atoms with Crippen molar-refractivity contribution in [3.63, 3.8) is 0 Å². The number of aliphatic hydroxyl groups excluding tert-OH is 3. The van der Waals surface area contributed by atoms with Crippen molar-refractivity contribution in [3.05, 3.63) is 0 Å². The Bertz CT molecular complexity index is 1130. The number of rotatable bonds is 8. The Hall–Kier alpha value is -0.580. The second-order valence-corrected chi connectivity index (χ2v) is 17.2. The van der Waals surface area contributed by atoms with Gasteiger partial charge >= 0.3 is 5.97 Å². The molecular weight excluding hydrogens is 668 g/mol. The van der Waals surface area contributed by atoms with Gasteiger partial charge in [-0.25, -0.2) is 0 Å². The number of cyclic esters (lactones) is 1. The third kappa shape index (κ3) is 9.74. The second kappa shape index (κ2) is 17.3. The summed E-state index contributed by atoms with van der Waals surface area (Å²) >= 11 is 0.980. The molecule has 3 fully saturated rings. The van der Waals surface area contributed by atoms with Crippen LogP contribution in [0.5, 0.6) is 0 Å². The zero-order valence-electron chi connectivity index (χ0n) is 34.2. The molecule has 0 bridgehead atoms. The summed E-state index contributed by atoms with van der Waals surface area (Å²) in [4.78, 5) is 14.1. The number of carbonyl (C=O) groups excluding carboxylic acids is 1. The van der Waals surface area contributed by atoms with Crippen LogP contribution in [-0.4, -0.2) is 118 Å². The summed E-state index contributed by atoms with van der Waals surface area (Å²) in [6.07, 6.45) is -8.33. The summed E-state index contributed by atoms with van der Waals surface area (Å²) in [6, 6.07) is 0. The van der Waals surface area contributed by atoms with Gasteiger partial charge in [0.05, 0.1) is 54.2 Å². The predicted molar refractivity (Wildman–Crippen MR) is 190 cm³/mol. The van der Waals surface area contributed by atoms with Crippen molar-refractivity contribution in [2.75, 3.05) is 6.23 Å². The molecule has 50 heavy (non-hydrogen) atoms. The number of aliphatic hydroxyl groups is 5. The van der Waals surface area contributed by atoms with E-state index in [1.54, 1.807) is 41.5 Å². The number of hydrogen-bond donors (Lipinski definition) is 5. The molecule has 3 aliphatic heterocycles. The highest BCUT2D eigenvalue weighted by molar-refractivity contribution is 7.93. The van der Waals surface area contributed by atoms with Crippen LogP contribution in [0.2, 0.25) is 0 Å². The Kier molecular flexibility index (Phi) is 14.0. The summed E-state index contributed by atoms with van der Waals surface area (Å²) in [5.74, 6) is -3.92. The molecule has 5 N–H and O–H groups in total. The SMILES string of the molecule is [3H]CSO[C@H]1C(O[C@@H]2[C@@H](C)[C@H](OC3CC(C)(C)[C@@H](O[3H])[C@H](C)O3)[C@@H](C)C(=O)O[C@H](CC)[C@@](C)(O)[C@H](O)[C@@H](C)[C@@H](O)[C@H](C)C[C@]2(C)O)O[C@H](C)C[C@@H]1C. The molecule has 3 heterocycles. The highest BCUT2D eigenvalue weighted by atomic mass is 32.2. The highest BCUT2D eigenvalue weighted by Gasteiger charge is 2.53. The molecule has 13 heteroatoms. The van der Waals surface area contributed by atoms with E-state index < -0.39 is 108 Å². The lowest BCUT2D eigenvalue weighted by Crippen LogP contribution is -2.60. The third-order valence-corrected chi connectivity index (χ3v) is 12.0. The van der Waals surface area contributed by atoms with Gasteiger partial charge in [0, 0.05) is 25.9 Å². The van der Waals surface area contributed by atoms with E-state index in [4.69, 9.17) is 35.8 Å². The standard InChI is InChI=1S/C37H68O12S/c1-14-25-37(12,43)30(39)21(5)27(38)19(3)16-36(11,42)32(48-34-28(49-50-13)18(2)15-20(4)44-34)22(6)29(23(7)33(41)46-25)47-26-17-35(9,10)31(40)24(8)45-26/h18-32,34,38-40,42-43H,14-17H2,1-13H3/t18-,19+,20+,21-,22-,23+,24-,25+,26?,27-,28+,29-,30+,31-,32+,34?,36-,37+/m0/s1/i13T,40T. The number of hydrogen-bond acceptors (Lipinski definition) is 13. The number of ether oxygens (including phenoxy) is 5. The Morgan fingerprint density at radius 2 is 1.58 bits per heavy atom. The Morgan fingerprint density at radius 3 is 2.16 bits per heavy atom. The maximum absolute atomic E-state index is 14.1. The number of carbonyl (C=O) groups is 1. The van der Waals surface area contributed by atoms with Crippen LogP contribution in [0.15, 0.2) is 0 Å². The van der Waals surface area contributed by atoms with Gasteiger partial charge in [0.2, 0.25) is 1.43 Å². The lowest BCUT2D eigenvalue weighted by atomic mass is 9.73. The van der Waals surface area contributed by atoms with Crippen LogP contribution in [0, 0.1) is 35.0 Å². The van der Waals surface area contributed by atoms with E-state index in [1.165, 1.54) is 6.92 Å². The quantitative estimate of drug-likeness (QED) is 0.177. The van der Waals surface area contributed by atoms with Gasteiger partial charge in [0.15, 0.2) is 12.6 Å². The van der Waals surface area contributed by atoms with Crippen molar-refractivity contribution in [1.29, 1.82) is 1.43 Å². The predicted octanol–water partition coefficient (Wildman–Crippen LogP) is 4.21. The molecule has 294 valence electrons. The fourth-order valence-corrected chi connectivity index (χ4v) is 9.01. The van der Waals surface area contributed by atoms with Crippen molar-refractivity contribution in [1.82, 2.24) is 0 Å². The van der Waals surface area contributed by atoms with E-state index in [0.29, 0.717) is 12.8 Å². The van der Waals surface area contributed by atoms with Gasteiger partial charge in [-0.2, -0.15) is 0 Å². The largest absolute Gasteiger partial charge is 0.459 e. The zero-order valence-corrected chi connectivity index (χ0v) is 33.1. The van der Waals surface area contributed by atoms with Gasteiger partial charge in [-0.1, -0.05) is 48.5 Å². The Labute approximate surface area is 307 Å². The molecule has 12 nitrogen and oxygen atoms in total. The summed E-state index contributed by atoms with van der Waals surface area (Å²) in [5, 5.41) is 52.2. The topological polar surface area (TPSA) is 174 Å². The second-order valence-electron chi connectivity index (χ2n) is 16.8. The Morgan fingerprint density at radius 1 is 0.920 bits per heavy atom. The van der Waals surface area contributed by atoms with E-state index in [-0.39, 0.29) is 31.1 Å². The summed E-state index contributed by atoms with van der Waals surface area (Å²) in [5.41, 5.74) is -4.13. The Balaban J connectivity index is 2.18. The van der Waals surface area contributed by atoms with Crippen LogP contribution in [-0.2, 0) is 32.7 Å². The van der Waals surface area contributed by atoms with E-state index in [9.17, 15) is 25.2 Å². The molecule has 3 aliphatic rings. The molecule has 0 saturated carbocycles. The van der Waals surface area contributed by atoms with Crippen molar-refractivity contribution >= 4 is 18.0 Å². The van der Waals surface area contributed by atoms with Crippen LogP contribution < -0.4 is 0 Å². The molecule has 0 aromatic carbocycles. The van der Waals surface area contributed by atoms with Crippen LogP contribution in [0.3, 0.4) is 0 Å². The minimum Gasteiger partial charge on any atom is -0.459 e. The molecule has 3 rings (SSSR count). The van der Waals surface area contributed by atoms with Crippen molar-refractivity contribution in [2.24, 2.45) is 35.0 Å². The first-order chi connectivity index (χ1) is 24.0. The van der Waals surface area contributed by atoms with Gasteiger partial charge in [0.1, 0.15) is 17.8 Å². The van der Waals surface area contributed by atoms with Crippen LogP contribution in [0.25, 0.3) is 0 Å². The van der Waals surface area contributed by atoms with E-state index in [1.807, 2.05) is 34.6 Å². The lowest BCUT2D eigenvalue weighted by Gasteiger charge is -2.49. The highest BCUT2D eigenvalue weighted by Crippen LogP contribution is 2.42. The molecule has 0 aromatic rings. The molecule has 0 radical (unpaired) electrons. The van der Waals surface area contributed by atoms with E-state index in [2.05, 4.69) is 0 Å². The maximum atomic E-state index is 14.1. The van der Waals surface area contributed by atoms with Gasteiger partial charge in [-0.05, 0) is 83.2 Å². The lowest BCUT2D eigenvalue weighted by molar-refractivity contribution is -0.309. The first-order valence-electron chi connectivity index (χ1n) is 19.5. The van der Waals surface area contributed by atoms with Crippen molar-refractivity contribution in [2.45, 2.75) is 187 Å². The summed E-state index contributed by atoms with van der Waals surface area (Å²) < 4.78 is 53.4.